The molecule has 0 bridgehead atoms. The number of thiocarbonyl (C=S) groups is 1. The molecule has 0 amide bonds. The Morgan fingerprint density at radius 2 is 2.13 bits per heavy atom. The van der Waals surface area contributed by atoms with Crippen molar-refractivity contribution in [2.24, 2.45) is 0 Å². The molecule has 5 heteroatoms. The van der Waals surface area contributed by atoms with Gasteiger partial charge in [0.1, 0.15) is 0 Å². The second kappa shape index (κ2) is 6.43. The van der Waals surface area contributed by atoms with E-state index in [1.807, 2.05) is 6.92 Å². The van der Waals surface area contributed by atoms with E-state index in [2.05, 4.69) is 10.6 Å². The van der Waals surface area contributed by atoms with E-state index >= 15 is 0 Å². The maximum Gasteiger partial charge on any atom is 0.166 e. The Labute approximate surface area is 99.9 Å². The monoisotopic (exact) mass is 248 g/mol. The second-order valence-electron chi connectivity index (χ2n) is 4.14. The van der Waals surface area contributed by atoms with Gasteiger partial charge in [-0.2, -0.15) is 0 Å². The normalized spacial score (nSPS) is 20.9. The van der Waals surface area contributed by atoms with Crippen molar-refractivity contribution < 1.29 is 4.21 Å². The SMILES string of the molecule is CC(CNC(=S)NC1CCCC1)S(C)=O. The number of hydrogen-bond donors (Lipinski definition) is 2. The minimum atomic E-state index is -0.781. The molecule has 1 saturated carbocycles. The third kappa shape index (κ3) is 4.93. The van der Waals surface area contributed by atoms with Crippen LogP contribution in [0.1, 0.15) is 32.6 Å². The third-order valence-corrected chi connectivity index (χ3v) is 4.37. The second-order valence-corrected chi connectivity index (χ2v) is 6.36. The first kappa shape index (κ1) is 12.9. The molecule has 1 aliphatic carbocycles. The van der Waals surface area contributed by atoms with Gasteiger partial charge in [-0.15, -0.1) is 0 Å². The van der Waals surface area contributed by atoms with Crippen molar-refractivity contribution >= 4 is 28.1 Å². The summed E-state index contributed by atoms with van der Waals surface area (Å²) in [5.41, 5.74) is 0. The van der Waals surface area contributed by atoms with Crippen LogP contribution in [0, 0.1) is 0 Å². The average Bonchev–Trinajstić information content (AvgIpc) is 2.66. The minimum absolute atomic E-state index is 0.147. The molecule has 0 heterocycles. The summed E-state index contributed by atoms with van der Waals surface area (Å²) in [6.45, 7) is 2.64. The minimum Gasteiger partial charge on any atom is -0.362 e. The predicted molar refractivity (Wildman–Crippen MR) is 69.5 cm³/mol. The Morgan fingerprint density at radius 3 is 2.67 bits per heavy atom. The molecule has 0 aromatic heterocycles. The fourth-order valence-electron chi connectivity index (χ4n) is 1.66. The Hall–Kier alpha value is -0.160. The molecule has 3 nitrogen and oxygen atoms in total. The summed E-state index contributed by atoms with van der Waals surface area (Å²) in [6.07, 6.45) is 6.76. The Morgan fingerprint density at radius 1 is 1.53 bits per heavy atom. The number of nitrogens with one attached hydrogen (secondary N) is 2. The summed E-state index contributed by atoms with van der Waals surface area (Å²) >= 11 is 5.17. The van der Waals surface area contributed by atoms with Gasteiger partial charge in [-0.25, -0.2) is 0 Å². The van der Waals surface area contributed by atoms with E-state index in [1.54, 1.807) is 6.26 Å². The van der Waals surface area contributed by atoms with Gasteiger partial charge in [-0.05, 0) is 32.0 Å². The van der Waals surface area contributed by atoms with Crippen LogP contribution in [-0.2, 0) is 10.8 Å². The Balaban J connectivity index is 2.15. The van der Waals surface area contributed by atoms with Gasteiger partial charge in [0.05, 0.1) is 0 Å². The topological polar surface area (TPSA) is 41.1 Å². The highest BCUT2D eigenvalue weighted by atomic mass is 32.2. The quantitative estimate of drug-likeness (QED) is 0.733. The summed E-state index contributed by atoms with van der Waals surface area (Å²) in [5.74, 6) is 0. The van der Waals surface area contributed by atoms with Gasteiger partial charge in [0.15, 0.2) is 5.11 Å². The Bertz CT molecular complexity index is 240. The largest absolute Gasteiger partial charge is 0.362 e. The lowest BCUT2D eigenvalue weighted by molar-refractivity contribution is 0.619. The van der Waals surface area contributed by atoms with Crippen LogP contribution >= 0.6 is 12.2 Å². The molecule has 0 aromatic carbocycles. The molecule has 0 saturated heterocycles. The molecule has 15 heavy (non-hydrogen) atoms. The summed E-state index contributed by atoms with van der Waals surface area (Å²) in [5, 5.41) is 7.27. The highest BCUT2D eigenvalue weighted by Gasteiger charge is 2.15. The summed E-state index contributed by atoms with van der Waals surface area (Å²) in [7, 11) is -0.781. The summed E-state index contributed by atoms with van der Waals surface area (Å²) in [6, 6.07) is 0.549. The standard InChI is InChI=1S/C10H20N2OS2/c1-8(15(2)13)7-11-10(14)12-9-5-3-4-6-9/h8-9H,3-7H2,1-2H3,(H2,11,12,14). The van der Waals surface area contributed by atoms with E-state index in [0.717, 1.165) is 0 Å². The summed E-state index contributed by atoms with van der Waals surface area (Å²) in [4.78, 5) is 0. The zero-order valence-corrected chi connectivity index (χ0v) is 11.0. The van der Waals surface area contributed by atoms with Crippen molar-refractivity contribution in [3.63, 3.8) is 0 Å². The highest BCUT2D eigenvalue weighted by Crippen LogP contribution is 2.17. The van der Waals surface area contributed by atoms with E-state index in [0.29, 0.717) is 17.7 Å². The first-order valence-corrected chi connectivity index (χ1v) is 7.49. The van der Waals surface area contributed by atoms with E-state index < -0.39 is 10.8 Å². The lowest BCUT2D eigenvalue weighted by Gasteiger charge is -2.17. The Kier molecular flexibility index (Phi) is 5.53. The molecule has 1 aliphatic rings. The fraction of sp³-hybridized carbons (Fsp3) is 0.900. The van der Waals surface area contributed by atoms with Gasteiger partial charge in [0.2, 0.25) is 0 Å². The van der Waals surface area contributed by atoms with Gasteiger partial charge in [0.25, 0.3) is 0 Å². The van der Waals surface area contributed by atoms with Crippen LogP contribution in [0.3, 0.4) is 0 Å². The van der Waals surface area contributed by atoms with Crippen molar-refractivity contribution in [1.82, 2.24) is 10.6 Å². The van der Waals surface area contributed by atoms with E-state index in [1.165, 1.54) is 25.7 Å². The van der Waals surface area contributed by atoms with Gasteiger partial charge in [0, 0.05) is 34.9 Å². The van der Waals surface area contributed by atoms with Gasteiger partial charge >= 0.3 is 0 Å². The lowest BCUT2D eigenvalue weighted by Crippen LogP contribution is -2.43. The maximum absolute atomic E-state index is 11.1. The van der Waals surface area contributed by atoms with Crippen LogP contribution < -0.4 is 10.6 Å². The molecule has 1 rings (SSSR count). The van der Waals surface area contributed by atoms with E-state index in [-0.39, 0.29) is 5.25 Å². The first-order chi connectivity index (χ1) is 7.09. The average molecular weight is 248 g/mol. The van der Waals surface area contributed by atoms with E-state index in [4.69, 9.17) is 12.2 Å². The van der Waals surface area contributed by atoms with Gasteiger partial charge in [-0.1, -0.05) is 12.8 Å². The molecule has 0 spiro atoms. The summed E-state index contributed by atoms with van der Waals surface area (Å²) < 4.78 is 11.1. The van der Waals surface area contributed by atoms with Crippen molar-refractivity contribution in [3.05, 3.63) is 0 Å². The maximum atomic E-state index is 11.1. The van der Waals surface area contributed by atoms with Crippen molar-refractivity contribution in [1.29, 1.82) is 0 Å². The molecule has 0 radical (unpaired) electrons. The van der Waals surface area contributed by atoms with Gasteiger partial charge < -0.3 is 10.6 Å². The van der Waals surface area contributed by atoms with Crippen LogP contribution in [0.5, 0.6) is 0 Å². The van der Waals surface area contributed by atoms with Crippen molar-refractivity contribution in [2.75, 3.05) is 12.8 Å². The lowest BCUT2D eigenvalue weighted by atomic mass is 10.3. The number of hydrogen-bond acceptors (Lipinski definition) is 2. The van der Waals surface area contributed by atoms with Crippen LogP contribution in [-0.4, -0.2) is 33.4 Å². The predicted octanol–water partition coefficient (Wildman–Crippen LogP) is 1.16. The zero-order chi connectivity index (χ0) is 11.3. The van der Waals surface area contributed by atoms with E-state index in [9.17, 15) is 4.21 Å². The third-order valence-electron chi connectivity index (χ3n) is 2.81. The van der Waals surface area contributed by atoms with Crippen LogP contribution in [0.15, 0.2) is 0 Å². The van der Waals surface area contributed by atoms with Crippen molar-refractivity contribution in [2.45, 2.75) is 43.9 Å². The molecule has 2 unspecified atom stereocenters. The zero-order valence-electron chi connectivity index (χ0n) is 9.41. The molecule has 1 fully saturated rings. The number of rotatable bonds is 4. The molecular weight excluding hydrogens is 228 g/mol. The fourth-order valence-corrected chi connectivity index (χ4v) is 2.23. The smallest absolute Gasteiger partial charge is 0.166 e. The molecule has 2 N–H and O–H groups in total. The molecule has 0 aromatic rings. The van der Waals surface area contributed by atoms with Crippen molar-refractivity contribution in [3.8, 4) is 0 Å². The van der Waals surface area contributed by atoms with Gasteiger partial charge in [-0.3, -0.25) is 4.21 Å². The van der Waals surface area contributed by atoms with Crippen LogP contribution in [0.25, 0.3) is 0 Å². The van der Waals surface area contributed by atoms with Crippen LogP contribution in [0.4, 0.5) is 0 Å². The molecule has 88 valence electrons. The van der Waals surface area contributed by atoms with Crippen LogP contribution in [0.2, 0.25) is 0 Å². The molecular formula is C10H20N2OS2. The first-order valence-electron chi connectivity index (χ1n) is 5.46. The molecule has 2 atom stereocenters. The molecule has 0 aliphatic heterocycles. The highest BCUT2D eigenvalue weighted by molar-refractivity contribution is 7.84.